The van der Waals surface area contributed by atoms with E-state index in [1.54, 1.807) is 7.11 Å². The van der Waals surface area contributed by atoms with E-state index in [2.05, 4.69) is 31.7 Å². The maximum atomic E-state index is 5.35. The molecule has 0 N–H and O–H groups in total. The average molecular weight is 201 g/mol. The fourth-order valence-electron chi connectivity index (χ4n) is 1.81. The molecule has 1 saturated carbocycles. The molecule has 1 heteroatoms. The van der Waals surface area contributed by atoms with Crippen molar-refractivity contribution in [2.45, 2.75) is 25.7 Å². The maximum absolute atomic E-state index is 5.35. The monoisotopic (exact) mass is 201 g/mol. The Kier molecular flexibility index (Phi) is 2.81. The first-order chi connectivity index (χ1) is 7.26. The number of allylic oxidation sites excluding steroid dienone is 1. The van der Waals surface area contributed by atoms with Gasteiger partial charge in [0.05, 0.1) is 7.11 Å². The molecule has 1 aromatic carbocycles. The molecule has 0 saturated heterocycles. The first-order valence-electron chi connectivity index (χ1n) is 5.40. The van der Waals surface area contributed by atoms with Crippen molar-refractivity contribution in [3.8, 4) is 5.75 Å². The van der Waals surface area contributed by atoms with Gasteiger partial charge in [-0.3, -0.25) is 0 Å². The van der Waals surface area contributed by atoms with Gasteiger partial charge in [0.15, 0.2) is 0 Å². The Hall–Kier alpha value is -1.24. The van der Waals surface area contributed by atoms with Crippen LogP contribution in [0.4, 0.5) is 0 Å². The van der Waals surface area contributed by atoms with Gasteiger partial charge < -0.3 is 4.74 Å². The van der Waals surface area contributed by atoms with E-state index < -0.39 is 0 Å². The van der Waals surface area contributed by atoms with Gasteiger partial charge in [0.1, 0.15) is 5.75 Å². The summed E-state index contributed by atoms with van der Waals surface area (Å²) in [4.78, 5) is 0. The van der Waals surface area contributed by atoms with Gasteiger partial charge in [0, 0.05) is 11.5 Å². The molecule has 0 amide bonds. The normalized spacial score (nSPS) is 15.4. The van der Waals surface area contributed by atoms with Gasteiger partial charge in [-0.1, -0.05) is 25.1 Å². The van der Waals surface area contributed by atoms with Crippen molar-refractivity contribution in [3.05, 3.63) is 47.9 Å². The quantitative estimate of drug-likeness (QED) is 0.721. The Labute approximate surface area is 91.8 Å². The van der Waals surface area contributed by atoms with Gasteiger partial charge in [-0.25, -0.2) is 0 Å². The molecule has 79 valence electrons. The first-order valence-corrected chi connectivity index (χ1v) is 5.40. The molecule has 0 aromatic heterocycles. The number of benzene rings is 1. The van der Waals surface area contributed by atoms with E-state index in [-0.39, 0.29) is 0 Å². The summed E-state index contributed by atoms with van der Waals surface area (Å²) in [7, 11) is 1.71. The molecular weight excluding hydrogens is 184 g/mol. The number of hydrogen-bond acceptors (Lipinski definition) is 1. The lowest BCUT2D eigenvalue weighted by Crippen LogP contribution is -1.97. The van der Waals surface area contributed by atoms with Crippen LogP contribution in [0.1, 0.15) is 36.8 Å². The minimum absolute atomic E-state index is 0.785. The van der Waals surface area contributed by atoms with Gasteiger partial charge in [-0.05, 0) is 30.4 Å². The van der Waals surface area contributed by atoms with E-state index in [4.69, 9.17) is 4.74 Å². The number of rotatable bonds is 4. The summed E-state index contributed by atoms with van der Waals surface area (Å²) in [5.41, 5.74) is 2.61. The first kappa shape index (κ1) is 10.3. The van der Waals surface area contributed by atoms with Crippen LogP contribution in [-0.4, -0.2) is 7.11 Å². The van der Waals surface area contributed by atoms with Crippen LogP contribution in [0.3, 0.4) is 0 Å². The SMILES string of the molecule is C=C[C](C)c1cc(C2CC2)ccc1OC. The molecule has 0 unspecified atom stereocenters. The van der Waals surface area contributed by atoms with Crippen LogP contribution in [0, 0.1) is 5.92 Å². The summed E-state index contributed by atoms with van der Waals surface area (Å²) < 4.78 is 5.35. The Morgan fingerprint density at radius 1 is 1.47 bits per heavy atom. The fourth-order valence-corrected chi connectivity index (χ4v) is 1.81. The lowest BCUT2D eigenvalue weighted by molar-refractivity contribution is 0.411. The van der Waals surface area contributed by atoms with Crippen LogP contribution >= 0.6 is 0 Å². The molecule has 15 heavy (non-hydrogen) atoms. The molecule has 1 aliphatic carbocycles. The highest BCUT2D eigenvalue weighted by Crippen LogP contribution is 2.42. The molecule has 1 aliphatic rings. The standard InChI is InChI=1S/C14H17O/c1-4-10(2)13-9-12(11-5-6-11)7-8-14(13)15-3/h4,7-9,11H,1,5-6H2,2-3H3. The van der Waals surface area contributed by atoms with Crippen molar-refractivity contribution in [2.24, 2.45) is 0 Å². The van der Waals surface area contributed by atoms with Crippen molar-refractivity contribution in [1.82, 2.24) is 0 Å². The van der Waals surface area contributed by atoms with Crippen molar-refractivity contribution in [1.29, 1.82) is 0 Å². The molecule has 1 nitrogen and oxygen atoms in total. The third-order valence-electron chi connectivity index (χ3n) is 3.00. The average Bonchev–Trinajstić information content (AvgIpc) is 3.11. The Balaban J connectivity index is 2.37. The van der Waals surface area contributed by atoms with Gasteiger partial charge in [0.2, 0.25) is 0 Å². The molecule has 0 heterocycles. The summed E-state index contributed by atoms with van der Waals surface area (Å²) in [6, 6.07) is 6.49. The second kappa shape index (κ2) is 4.09. The smallest absolute Gasteiger partial charge is 0.122 e. The topological polar surface area (TPSA) is 9.23 Å². The second-order valence-corrected chi connectivity index (χ2v) is 4.12. The predicted molar refractivity (Wildman–Crippen MR) is 63.2 cm³/mol. The Bertz CT molecular complexity index is 364. The van der Waals surface area contributed by atoms with E-state index in [0.717, 1.165) is 11.7 Å². The van der Waals surface area contributed by atoms with Crippen molar-refractivity contribution >= 4 is 0 Å². The zero-order valence-electron chi connectivity index (χ0n) is 9.42. The van der Waals surface area contributed by atoms with Crippen LogP contribution < -0.4 is 4.74 Å². The van der Waals surface area contributed by atoms with Crippen molar-refractivity contribution in [3.63, 3.8) is 0 Å². The van der Waals surface area contributed by atoms with E-state index in [1.165, 1.54) is 29.9 Å². The molecule has 0 aliphatic heterocycles. The molecule has 0 spiro atoms. The predicted octanol–water partition coefficient (Wildman–Crippen LogP) is 3.70. The van der Waals surface area contributed by atoms with Gasteiger partial charge in [0.25, 0.3) is 0 Å². The Morgan fingerprint density at radius 3 is 2.73 bits per heavy atom. The molecule has 2 rings (SSSR count). The molecule has 0 bridgehead atoms. The lowest BCUT2D eigenvalue weighted by Gasteiger charge is -2.13. The number of methoxy groups -OCH3 is 1. The number of ether oxygens (including phenoxy) is 1. The third kappa shape index (κ3) is 2.06. The van der Waals surface area contributed by atoms with Gasteiger partial charge in [-0.2, -0.15) is 0 Å². The lowest BCUT2D eigenvalue weighted by atomic mass is 9.96. The summed E-state index contributed by atoms with van der Waals surface area (Å²) in [5, 5.41) is 0. The van der Waals surface area contributed by atoms with E-state index in [0.29, 0.717) is 0 Å². The molecule has 1 aromatic rings. The second-order valence-electron chi connectivity index (χ2n) is 4.12. The van der Waals surface area contributed by atoms with Gasteiger partial charge >= 0.3 is 0 Å². The zero-order chi connectivity index (χ0) is 10.8. The van der Waals surface area contributed by atoms with Gasteiger partial charge in [-0.15, -0.1) is 6.58 Å². The highest BCUT2D eigenvalue weighted by atomic mass is 16.5. The van der Waals surface area contributed by atoms with E-state index in [1.807, 2.05) is 6.08 Å². The minimum Gasteiger partial charge on any atom is -0.496 e. The highest BCUT2D eigenvalue weighted by Gasteiger charge is 2.24. The molecule has 1 fully saturated rings. The van der Waals surface area contributed by atoms with Crippen LogP contribution in [0.5, 0.6) is 5.75 Å². The summed E-state index contributed by atoms with van der Waals surface area (Å²) >= 11 is 0. The molecule has 1 radical (unpaired) electrons. The van der Waals surface area contributed by atoms with Crippen molar-refractivity contribution in [2.75, 3.05) is 7.11 Å². The summed E-state index contributed by atoms with van der Waals surface area (Å²) in [6.07, 6.45) is 4.55. The Morgan fingerprint density at radius 2 is 2.20 bits per heavy atom. The molecule has 0 atom stereocenters. The van der Waals surface area contributed by atoms with Crippen LogP contribution in [-0.2, 0) is 0 Å². The third-order valence-corrected chi connectivity index (χ3v) is 3.00. The zero-order valence-corrected chi connectivity index (χ0v) is 9.42. The maximum Gasteiger partial charge on any atom is 0.122 e. The van der Waals surface area contributed by atoms with Crippen LogP contribution in [0.2, 0.25) is 0 Å². The molecular formula is C14H17O. The van der Waals surface area contributed by atoms with E-state index >= 15 is 0 Å². The van der Waals surface area contributed by atoms with Crippen LogP contribution in [0.15, 0.2) is 30.9 Å². The number of hydrogen-bond donors (Lipinski definition) is 0. The highest BCUT2D eigenvalue weighted by molar-refractivity contribution is 5.49. The summed E-state index contributed by atoms with van der Waals surface area (Å²) in [5.74, 6) is 2.90. The minimum atomic E-state index is 0.785. The largest absolute Gasteiger partial charge is 0.496 e. The van der Waals surface area contributed by atoms with E-state index in [9.17, 15) is 0 Å². The fraction of sp³-hybridized carbons (Fsp3) is 0.357. The summed E-state index contributed by atoms with van der Waals surface area (Å²) in [6.45, 7) is 5.88. The van der Waals surface area contributed by atoms with Crippen molar-refractivity contribution < 1.29 is 4.74 Å². The van der Waals surface area contributed by atoms with Crippen LogP contribution in [0.25, 0.3) is 0 Å².